The zero-order valence-electron chi connectivity index (χ0n) is 63.0. The molecule has 24 nitrogen and oxygen atoms in total. The number of rotatable bonds is 10. The third-order valence-electron chi connectivity index (χ3n) is 17.5. The molecule has 602 valence electrons. The number of hydrogen-bond donors (Lipinski definition) is 6. The van der Waals surface area contributed by atoms with Crippen molar-refractivity contribution in [3.8, 4) is 17.1 Å². The number of nitrogens with one attached hydrogen (secondary N) is 3. The van der Waals surface area contributed by atoms with Gasteiger partial charge in [0.05, 0.1) is 65.7 Å². The van der Waals surface area contributed by atoms with E-state index in [9.17, 15) is 46.3 Å². The first-order valence-corrected chi connectivity index (χ1v) is 36.4. The quantitative estimate of drug-likeness (QED) is 0.0321. The number of carboxylic acids is 3. The van der Waals surface area contributed by atoms with Crippen LogP contribution in [0.25, 0.3) is 71.6 Å². The molecule has 0 bridgehead atoms. The van der Waals surface area contributed by atoms with E-state index in [4.69, 9.17) is 24.9 Å². The minimum Gasteiger partial charge on any atom is -0.870 e. The van der Waals surface area contributed by atoms with Crippen LogP contribution in [0.2, 0.25) is 0 Å². The summed E-state index contributed by atoms with van der Waals surface area (Å²) in [4.78, 5) is 91.3. The van der Waals surface area contributed by atoms with Gasteiger partial charge >= 0.3 is 48.7 Å². The number of carbonyl (C=O) groups is 7. The summed E-state index contributed by atoms with van der Waals surface area (Å²) in [5.74, 6) is -4.64. The molecule has 0 saturated carbocycles. The number of carbonyl (C=O) groups excluding carboxylic acids is 4. The average molecular weight is 1680 g/mol. The molecule has 0 atom stereocenters. The largest absolute Gasteiger partial charge is 1.00 e. The van der Waals surface area contributed by atoms with Crippen molar-refractivity contribution in [2.75, 3.05) is 60.6 Å². The van der Waals surface area contributed by atoms with Crippen molar-refractivity contribution in [1.82, 2.24) is 43.8 Å². The number of nitrogens with zero attached hydrogens (tertiary/aromatic N) is 6. The van der Waals surface area contributed by atoms with Crippen molar-refractivity contribution in [3.05, 3.63) is 322 Å². The van der Waals surface area contributed by atoms with E-state index in [1.807, 2.05) is 103 Å². The molecule has 2 aliphatic rings. The van der Waals surface area contributed by atoms with Gasteiger partial charge in [-0.2, -0.15) is 0 Å². The predicted molar refractivity (Wildman–Crippen MR) is 440 cm³/mol. The summed E-state index contributed by atoms with van der Waals surface area (Å²) >= 11 is 4.60. The maximum atomic E-state index is 13.0. The van der Waals surface area contributed by atoms with Crippen LogP contribution in [0.15, 0.2) is 265 Å². The Balaban J connectivity index is 0.000000212. The van der Waals surface area contributed by atoms with Crippen molar-refractivity contribution in [2.24, 2.45) is 0 Å². The molecule has 31 heteroatoms. The first-order valence-electron chi connectivity index (χ1n) is 34.7. The Kier molecular flexibility index (Phi) is 35.6. The Morgan fingerprint density at radius 3 is 1.09 bits per heavy atom. The Hall–Kier alpha value is -12.8. The third-order valence-corrected chi connectivity index (χ3v) is 18.8. The first kappa shape index (κ1) is 93.1. The van der Waals surface area contributed by atoms with Crippen molar-refractivity contribution >= 4 is 124 Å². The molecule has 9 N–H and O–H groups in total. The van der Waals surface area contributed by atoms with E-state index in [0.29, 0.717) is 27.7 Å². The van der Waals surface area contributed by atoms with E-state index < -0.39 is 17.9 Å². The maximum absolute atomic E-state index is 13.0. The molecule has 2 saturated heterocycles. The van der Waals surface area contributed by atoms with Gasteiger partial charge in [-0.25, -0.2) is 46.5 Å². The number of aliphatic carboxylic acids is 1. The van der Waals surface area contributed by atoms with Gasteiger partial charge in [0.1, 0.15) is 23.3 Å². The van der Waals surface area contributed by atoms with Gasteiger partial charge in [-0.3, -0.25) is 14.5 Å². The molecule has 0 aliphatic carbocycles. The van der Waals surface area contributed by atoms with Crippen LogP contribution in [-0.4, -0.2) is 173 Å². The molecule has 117 heavy (non-hydrogen) atoms. The second kappa shape index (κ2) is 44.8. The van der Waals surface area contributed by atoms with E-state index in [2.05, 4.69) is 50.6 Å². The van der Waals surface area contributed by atoms with Crippen LogP contribution in [0.1, 0.15) is 75.9 Å². The van der Waals surface area contributed by atoms with Gasteiger partial charge in [0.25, 0.3) is 11.9 Å². The molecule has 0 radical (unpaired) electrons. The SMILES string of the molecule is C.CC(=O)O.COC(=O)c1ccc2[nH]ccc2c1.COC(=O)c1ccc2[nH]ccc2c1.COC(=O)c1ccc2c(ccn2-c2ccc(F)cc2)c1.Fc1ccc(Br)cc1.O.O=C(O)c1ccc2c(ccn2-c2ccc(F)cc2)c1.O=C(O)c1ccc2c(ccn2-c2ccc(F)cc2)c1.O=C(c1nccs1)N1CCN(C2CNC2)CC1.[Li+].[OH-]. The fourth-order valence-electron chi connectivity index (χ4n) is 11.7. The molecule has 15 aromatic rings. The number of aromatic nitrogens is 6. The monoisotopic (exact) mass is 1670 g/mol. The minimum absolute atomic E-state index is 0. The first-order chi connectivity index (χ1) is 54.5. The molecule has 8 heterocycles. The zero-order valence-corrected chi connectivity index (χ0v) is 65.4. The Morgan fingerprint density at radius 2 is 0.786 bits per heavy atom. The fourth-order valence-corrected chi connectivity index (χ4v) is 12.6. The van der Waals surface area contributed by atoms with Crippen molar-refractivity contribution in [1.29, 1.82) is 0 Å². The van der Waals surface area contributed by atoms with Crippen molar-refractivity contribution in [3.63, 3.8) is 0 Å². The Labute approximate surface area is 693 Å². The van der Waals surface area contributed by atoms with Gasteiger partial charge in [-0.15, -0.1) is 11.3 Å². The van der Waals surface area contributed by atoms with E-state index >= 15 is 0 Å². The van der Waals surface area contributed by atoms with E-state index in [-0.39, 0.29) is 95.5 Å². The predicted octanol–water partition coefficient (Wildman–Crippen LogP) is 13.6. The van der Waals surface area contributed by atoms with Crippen molar-refractivity contribution in [2.45, 2.75) is 20.4 Å². The number of carboxylic acid groups (broad SMARTS) is 3. The Morgan fingerprint density at radius 1 is 0.462 bits per heavy atom. The molecule has 9 aromatic carbocycles. The van der Waals surface area contributed by atoms with Crippen LogP contribution in [0.4, 0.5) is 17.6 Å². The maximum Gasteiger partial charge on any atom is 1.00 e. The summed E-state index contributed by atoms with van der Waals surface area (Å²) in [6, 6.07) is 60.8. The second-order valence-corrected chi connectivity index (χ2v) is 26.7. The normalized spacial score (nSPS) is 11.7. The van der Waals surface area contributed by atoms with Gasteiger partial charge in [-0.1, -0.05) is 23.4 Å². The number of halogens is 5. The van der Waals surface area contributed by atoms with Crippen LogP contribution < -0.4 is 24.2 Å². The number of amides is 1. The molecule has 2 aliphatic heterocycles. The van der Waals surface area contributed by atoms with E-state index in [1.165, 1.54) is 81.2 Å². The molecule has 0 unspecified atom stereocenters. The van der Waals surface area contributed by atoms with E-state index in [0.717, 1.165) is 122 Å². The number of methoxy groups -OCH3 is 3. The number of fused-ring (bicyclic) bond motifs is 5. The van der Waals surface area contributed by atoms with Gasteiger partial charge in [0.2, 0.25) is 0 Å². The van der Waals surface area contributed by atoms with Crippen molar-refractivity contribution < 1.29 is 110 Å². The minimum atomic E-state index is -0.948. The molecular weight excluding hydrogens is 1590 g/mol. The van der Waals surface area contributed by atoms with Crippen LogP contribution in [0.5, 0.6) is 0 Å². The molecule has 1 amide bonds. The summed E-state index contributed by atoms with van der Waals surface area (Å²) in [6.45, 7) is 6.91. The molecule has 2 fully saturated rings. The number of piperazine rings is 1. The van der Waals surface area contributed by atoms with Crippen LogP contribution in [-0.2, 0) is 19.0 Å². The number of esters is 3. The smallest absolute Gasteiger partial charge is 0.870 e. The average Bonchev–Trinajstić information content (AvgIpc) is 1.66. The number of aromatic amines is 2. The summed E-state index contributed by atoms with van der Waals surface area (Å²) in [6.07, 6.45) is 10.9. The Bertz CT molecular complexity index is 5530. The zero-order chi connectivity index (χ0) is 80.7. The second-order valence-electron chi connectivity index (χ2n) is 24.9. The van der Waals surface area contributed by atoms with Gasteiger partial charge < -0.3 is 74.4 Å². The summed E-state index contributed by atoms with van der Waals surface area (Å²) in [5.41, 5.74) is 9.47. The van der Waals surface area contributed by atoms with E-state index in [1.54, 1.807) is 128 Å². The fraction of sp³-hybridized carbons (Fsp3) is 0.140. The van der Waals surface area contributed by atoms with Gasteiger partial charge in [0, 0.05) is 154 Å². The number of hydrogen-bond acceptors (Lipinski definition) is 15. The van der Waals surface area contributed by atoms with Gasteiger partial charge in [0.15, 0.2) is 5.01 Å². The molecule has 17 rings (SSSR count). The molecule has 6 aromatic heterocycles. The molecular formula is C86H81BrF4LiN9O15S. The van der Waals surface area contributed by atoms with Crippen LogP contribution >= 0.6 is 27.3 Å². The number of benzene rings is 9. The number of ether oxygens (including phenoxy) is 3. The van der Waals surface area contributed by atoms with Crippen LogP contribution in [0.3, 0.4) is 0 Å². The van der Waals surface area contributed by atoms with Crippen LogP contribution in [0, 0.1) is 23.3 Å². The number of thiazole rings is 1. The summed E-state index contributed by atoms with van der Waals surface area (Å²) in [7, 11) is 4.11. The summed E-state index contributed by atoms with van der Waals surface area (Å²) in [5, 5.41) is 35.7. The number of aromatic carboxylic acids is 2. The third kappa shape index (κ3) is 25.4. The number of H-pyrrole nitrogens is 2. The molecule has 0 spiro atoms. The summed E-state index contributed by atoms with van der Waals surface area (Å²) < 4.78 is 71.4. The standard InChI is InChI=1S/C16H12FNO2.2C15H10FNO2.C11H16N4OS.2C10H9NO2.C6H4BrF.C2H4O2.CH4.Li.2H2O/c1-20-16(19)12-2-7-15-11(10-12)8-9-18(15)14-5-3-13(17)4-6-14;2*16-12-2-4-13(5-3-12)17-8-7-10-9-11(15(18)19)1-6-14(10)17;16-11(10-13-1-6-17-10)15-4-2-14(3-5-15)9-7-12-8-9;2*1-13-10(12)8-2-3-9-7(6-8)4-5-11-9;7-5-1-3-6(8)4-2-5;1-2(3)4;;;;/h2-10H,1H3;2*1-9H,(H,18,19);1,6,9,12H,2-5,7-8H2;2*2-6,11H,1H3;1-4H;1H3,(H,3,4);1H4;;2*1H2/q;;;;;;;;;+1;;/p-1. The topological polar surface area (TPSA) is 347 Å². The van der Waals surface area contributed by atoms with Gasteiger partial charge in [-0.05, 0) is 218 Å².